The monoisotopic (exact) mass is 490 g/mol. The second-order valence-corrected chi connectivity index (χ2v) is 9.65. The first-order chi connectivity index (χ1) is 16.3. The normalized spacial score (nSPS) is 23.2. The van der Waals surface area contributed by atoms with Gasteiger partial charge in [0.1, 0.15) is 5.82 Å². The van der Waals surface area contributed by atoms with Gasteiger partial charge in [-0.3, -0.25) is 9.69 Å². The highest BCUT2D eigenvalue weighted by Crippen LogP contribution is 2.34. The molecule has 34 heavy (non-hydrogen) atoms. The fraction of sp³-hybridized carbons (Fsp3) is 0.440. The number of rotatable bonds is 4. The third-order valence-electron chi connectivity index (χ3n) is 7.04. The van der Waals surface area contributed by atoms with Gasteiger partial charge >= 0.3 is 6.18 Å². The molecule has 180 valence electrons. The van der Waals surface area contributed by atoms with E-state index >= 15 is 0 Å². The second-order valence-electron chi connectivity index (χ2n) is 9.22. The van der Waals surface area contributed by atoms with E-state index in [0.29, 0.717) is 25.5 Å². The minimum atomic E-state index is -4.39. The van der Waals surface area contributed by atoms with Crippen LogP contribution in [0.4, 0.5) is 19.0 Å². The summed E-state index contributed by atoms with van der Waals surface area (Å²) in [5, 5.41) is 0.719. The SMILES string of the molecule is O=C(CN1CC=C(c2ccc(Cl)cc2)CC1)N1C2CCC1CN(c1ccc(C(F)(F)F)cn1)C2. The van der Waals surface area contributed by atoms with Gasteiger partial charge in [0.25, 0.3) is 0 Å². The standard InChI is InChI=1S/C25H26ClF3N4O/c26-20-4-1-17(2-5-20)18-9-11-31(12-10-18)16-24(34)33-21-6-7-22(33)15-32(14-21)23-8-3-19(13-30-23)25(27,28)29/h1-5,8-9,13,21-22H,6-7,10-12,14-16H2. The first kappa shape index (κ1) is 23.2. The summed E-state index contributed by atoms with van der Waals surface area (Å²) in [5.41, 5.74) is 1.70. The summed E-state index contributed by atoms with van der Waals surface area (Å²) in [6, 6.07) is 10.5. The molecular weight excluding hydrogens is 465 g/mol. The van der Waals surface area contributed by atoms with Crippen LogP contribution in [0.15, 0.2) is 48.7 Å². The van der Waals surface area contributed by atoms with Crippen LogP contribution in [0.5, 0.6) is 0 Å². The Hall–Kier alpha value is -2.58. The Labute approximate surface area is 201 Å². The molecule has 2 atom stereocenters. The Morgan fingerprint density at radius 1 is 1.06 bits per heavy atom. The minimum Gasteiger partial charge on any atom is -0.352 e. The maximum atomic E-state index is 13.2. The van der Waals surface area contributed by atoms with Crippen molar-refractivity contribution in [1.82, 2.24) is 14.8 Å². The van der Waals surface area contributed by atoms with Crippen molar-refractivity contribution in [3.8, 4) is 0 Å². The molecule has 1 amide bonds. The molecule has 1 aromatic heterocycles. The van der Waals surface area contributed by atoms with Crippen molar-refractivity contribution in [2.75, 3.05) is 37.6 Å². The lowest BCUT2D eigenvalue weighted by Crippen LogP contribution is -2.58. The van der Waals surface area contributed by atoms with Crippen molar-refractivity contribution in [1.29, 1.82) is 0 Å². The van der Waals surface area contributed by atoms with E-state index in [-0.39, 0.29) is 18.0 Å². The fourth-order valence-corrected chi connectivity index (χ4v) is 5.42. The Morgan fingerprint density at radius 2 is 1.76 bits per heavy atom. The van der Waals surface area contributed by atoms with Crippen LogP contribution in [0, 0.1) is 0 Å². The van der Waals surface area contributed by atoms with Crippen molar-refractivity contribution < 1.29 is 18.0 Å². The maximum absolute atomic E-state index is 13.2. The van der Waals surface area contributed by atoms with E-state index in [2.05, 4.69) is 16.0 Å². The van der Waals surface area contributed by atoms with Gasteiger partial charge in [0.05, 0.1) is 12.1 Å². The van der Waals surface area contributed by atoms with Crippen LogP contribution in [0.2, 0.25) is 5.02 Å². The third kappa shape index (κ3) is 4.79. The zero-order chi connectivity index (χ0) is 23.9. The van der Waals surface area contributed by atoms with E-state index in [1.165, 1.54) is 17.2 Å². The molecule has 4 heterocycles. The molecule has 3 aliphatic rings. The Bertz CT molecular complexity index is 1060. The quantitative estimate of drug-likeness (QED) is 0.621. The van der Waals surface area contributed by atoms with Gasteiger partial charge in [0.2, 0.25) is 5.91 Å². The summed E-state index contributed by atoms with van der Waals surface area (Å²) < 4.78 is 38.5. The van der Waals surface area contributed by atoms with Gasteiger partial charge in [-0.15, -0.1) is 0 Å². The molecule has 1 aromatic carbocycles. The smallest absolute Gasteiger partial charge is 0.352 e. The molecule has 2 fully saturated rings. The van der Waals surface area contributed by atoms with Crippen molar-refractivity contribution in [3.05, 3.63) is 64.8 Å². The van der Waals surface area contributed by atoms with E-state index < -0.39 is 11.7 Å². The van der Waals surface area contributed by atoms with Crippen LogP contribution in [0.1, 0.15) is 30.4 Å². The number of aromatic nitrogens is 1. The highest BCUT2D eigenvalue weighted by atomic mass is 35.5. The molecule has 2 unspecified atom stereocenters. The number of anilines is 1. The number of piperazine rings is 1. The van der Waals surface area contributed by atoms with Crippen LogP contribution in [-0.2, 0) is 11.0 Å². The van der Waals surface area contributed by atoms with E-state index in [1.807, 2.05) is 34.1 Å². The van der Waals surface area contributed by atoms with Gasteiger partial charge in [-0.25, -0.2) is 4.98 Å². The summed E-state index contributed by atoms with van der Waals surface area (Å²) in [7, 11) is 0. The molecule has 0 saturated carbocycles. The van der Waals surface area contributed by atoms with Gasteiger partial charge in [-0.2, -0.15) is 13.2 Å². The number of amides is 1. The number of nitrogens with zero attached hydrogens (tertiary/aromatic N) is 4. The first-order valence-electron chi connectivity index (χ1n) is 11.5. The van der Waals surface area contributed by atoms with E-state index in [9.17, 15) is 18.0 Å². The van der Waals surface area contributed by atoms with Gasteiger partial charge in [0.15, 0.2) is 0 Å². The van der Waals surface area contributed by atoms with Gasteiger partial charge in [-0.1, -0.05) is 29.8 Å². The summed E-state index contributed by atoms with van der Waals surface area (Å²) in [6.45, 7) is 3.14. The predicted octanol–water partition coefficient (Wildman–Crippen LogP) is 4.72. The average molecular weight is 491 g/mol. The van der Waals surface area contributed by atoms with Crippen LogP contribution < -0.4 is 4.90 Å². The molecular formula is C25H26ClF3N4O. The molecule has 2 saturated heterocycles. The molecule has 2 aromatic rings. The van der Waals surface area contributed by atoms with Crippen LogP contribution in [0.25, 0.3) is 5.57 Å². The number of carbonyl (C=O) groups excluding carboxylic acids is 1. The average Bonchev–Trinajstić information content (AvgIpc) is 3.09. The number of benzene rings is 1. The lowest BCUT2D eigenvalue weighted by Gasteiger charge is -2.42. The highest BCUT2D eigenvalue weighted by molar-refractivity contribution is 6.30. The largest absolute Gasteiger partial charge is 0.417 e. The summed E-state index contributed by atoms with van der Waals surface area (Å²) in [4.78, 5) is 23.4. The van der Waals surface area contributed by atoms with Crippen LogP contribution >= 0.6 is 11.6 Å². The van der Waals surface area contributed by atoms with Crippen molar-refractivity contribution in [2.45, 2.75) is 37.5 Å². The number of halogens is 4. The van der Waals surface area contributed by atoms with Crippen LogP contribution in [-0.4, -0.2) is 65.5 Å². The summed E-state index contributed by atoms with van der Waals surface area (Å²) in [6.07, 6.45) is 1.38. The van der Waals surface area contributed by atoms with Gasteiger partial charge in [0, 0.05) is 49.5 Å². The molecule has 0 spiro atoms. The number of alkyl halides is 3. The zero-order valence-electron chi connectivity index (χ0n) is 18.6. The number of carbonyl (C=O) groups is 1. The molecule has 0 aliphatic carbocycles. The third-order valence-corrected chi connectivity index (χ3v) is 7.29. The number of fused-ring (bicyclic) bond motifs is 2. The molecule has 0 N–H and O–H groups in total. The number of hydrogen-bond acceptors (Lipinski definition) is 4. The number of hydrogen-bond donors (Lipinski definition) is 0. The Balaban J connectivity index is 1.18. The fourth-order valence-electron chi connectivity index (χ4n) is 5.29. The second kappa shape index (κ2) is 9.23. The van der Waals surface area contributed by atoms with E-state index in [1.54, 1.807) is 0 Å². The zero-order valence-corrected chi connectivity index (χ0v) is 19.4. The number of pyridine rings is 1. The van der Waals surface area contributed by atoms with Crippen molar-refractivity contribution >= 4 is 28.9 Å². The minimum absolute atomic E-state index is 0.0697. The lowest BCUT2D eigenvalue weighted by molar-refractivity contribution is -0.138. The van der Waals surface area contributed by atoms with Crippen LogP contribution in [0.3, 0.4) is 0 Å². The molecule has 2 bridgehead atoms. The van der Waals surface area contributed by atoms with Gasteiger partial charge < -0.3 is 9.80 Å². The Morgan fingerprint density at radius 3 is 2.32 bits per heavy atom. The van der Waals surface area contributed by atoms with Crippen molar-refractivity contribution in [3.63, 3.8) is 0 Å². The highest BCUT2D eigenvalue weighted by Gasteiger charge is 2.43. The first-order valence-corrected chi connectivity index (χ1v) is 11.9. The lowest BCUT2D eigenvalue weighted by atomic mass is 9.99. The summed E-state index contributed by atoms with van der Waals surface area (Å²) in [5.74, 6) is 0.670. The summed E-state index contributed by atoms with van der Waals surface area (Å²) >= 11 is 5.98. The topological polar surface area (TPSA) is 39.7 Å². The predicted molar refractivity (Wildman–Crippen MR) is 126 cm³/mol. The Kier molecular flexibility index (Phi) is 6.29. The van der Waals surface area contributed by atoms with Crippen molar-refractivity contribution in [2.24, 2.45) is 0 Å². The molecule has 5 nitrogen and oxygen atoms in total. The van der Waals surface area contributed by atoms with Gasteiger partial charge in [-0.05, 0) is 54.7 Å². The molecule has 9 heteroatoms. The molecule has 5 rings (SSSR count). The van der Waals surface area contributed by atoms with E-state index in [0.717, 1.165) is 49.6 Å². The maximum Gasteiger partial charge on any atom is 0.417 e. The van der Waals surface area contributed by atoms with E-state index in [4.69, 9.17) is 11.6 Å². The molecule has 0 radical (unpaired) electrons. The molecule has 3 aliphatic heterocycles.